The number of fused-ring (bicyclic) bond motifs is 1. The largest absolute Gasteiger partial charge is 0.481 e. The van der Waals surface area contributed by atoms with Gasteiger partial charge in [-0.1, -0.05) is 12.1 Å². The highest BCUT2D eigenvalue weighted by molar-refractivity contribution is 6.00. The average Bonchev–Trinajstić information content (AvgIpc) is 3.20. The van der Waals surface area contributed by atoms with Gasteiger partial charge in [0, 0.05) is 31.0 Å². The standard InChI is InChI=1S/C24H23N5O4/c1-15-22-19(16-3-5-17(6-4-16)28-9-11-33-12-10-28)14-20(24(30)31)26-23(22)29(27-15)18-7-8-25-21(13-18)32-2/h3-8,13-14H,9-12H2,1-2H3,(H,30,31). The highest BCUT2D eigenvalue weighted by atomic mass is 16.5. The van der Waals surface area contributed by atoms with Gasteiger partial charge >= 0.3 is 5.97 Å². The molecule has 1 aromatic carbocycles. The molecule has 33 heavy (non-hydrogen) atoms. The zero-order chi connectivity index (χ0) is 22.9. The molecular formula is C24H23N5O4. The molecule has 9 nitrogen and oxygen atoms in total. The van der Waals surface area contributed by atoms with E-state index >= 15 is 0 Å². The number of aromatic nitrogens is 4. The van der Waals surface area contributed by atoms with Gasteiger partial charge in [0.15, 0.2) is 11.3 Å². The Morgan fingerprint density at radius 1 is 1.09 bits per heavy atom. The topological polar surface area (TPSA) is 103 Å². The Kier molecular flexibility index (Phi) is 5.39. The molecule has 0 saturated carbocycles. The zero-order valence-electron chi connectivity index (χ0n) is 18.4. The number of aromatic carboxylic acids is 1. The lowest BCUT2D eigenvalue weighted by Gasteiger charge is -2.29. The molecule has 1 saturated heterocycles. The van der Waals surface area contributed by atoms with Crippen LogP contribution in [0, 0.1) is 6.92 Å². The molecule has 4 aromatic rings. The SMILES string of the molecule is COc1cc(-n2nc(C)c3c(-c4ccc(N5CCOCC5)cc4)cc(C(=O)O)nc32)ccn1. The van der Waals surface area contributed by atoms with Crippen LogP contribution in [0.4, 0.5) is 5.69 Å². The maximum atomic E-state index is 11.9. The van der Waals surface area contributed by atoms with Gasteiger partial charge in [-0.25, -0.2) is 19.4 Å². The Morgan fingerprint density at radius 2 is 1.85 bits per heavy atom. The van der Waals surface area contributed by atoms with Crippen LogP contribution in [0.3, 0.4) is 0 Å². The molecule has 4 heterocycles. The number of hydrogen-bond acceptors (Lipinski definition) is 7. The third-order valence-electron chi connectivity index (χ3n) is 5.76. The second kappa shape index (κ2) is 8.51. The minimum Gasteiger partial charge on any atom is -0.481 e. The number of hydrogen-bond donors (Lipinski definition) is 1. The fourth-order valence-electron chi connectivity index (χ4n) is 4.12. The molecule has 5 rings (SSSR count). The number of ether oxygens (including phenoxy) is 2. The molecule has 0 unspecified atom stereocenters. The van der Waals surface area contributed by atoms with E-state index in [0.717, 1.165) is 41.0 Å². The number of carboxylic acid groups (broad SMARTS) is 1. The first-order valence-electron chi connectivity index (χ1n) is 10.6. The van der Waals surface area contributed by atoms with Crippen molar-refractivity contribution in [1.29, 1.82) is 0 Å². The van der Waals surface area contributed by atoms with Gasteiger partial charge in [0.05, 0.1) is 37.1 Å². The molecule has 1 N–H and O–H groups in total. The van der Waals surface area contributed by atoms with Crippen LogP contribution in [0.2, 0.25) is 0 Å². The van der Waals surface area contributed by atoms with Gasteiger partial charge in [-0.15, -0.1) is 0 Å². The average molecular weight is 445 g/mol. The predicted molar refractivity (Wildman–Crippen MR) is 123 cm³/mol. The van der Waals surface area contributed by atoms with Crippen LogP contribution in [-0.2, 0) is 4.74 Å². The molecule has 0 bridgehead atoms. The Bertz CT molecular complexity index is 1330. The van der Waals surface area contributed by atoms with E-state index in [1.54, 1.807) is 29.1 Å². The third-order valence-corrected chi connectivity index (χ3v) is 5.76. The third kappa shape index (κ3) is 3.87. The summed E-state index contributed by atoms with van der Waals surface area (Å²) in [6, 6.07) is 13.3. The van der Waals surface area contributed by atoms with Crippen molar-refractivity contribution in [2.24, 2.45) is 0 Å². The highest BCUT2D eigenvalue weighted by Crippen LogP contribution is 2.33. The fraction of sp³-hybridized carbons (Fsp3) is 0.250. The van der Waals surface area contributed by atoms with Crippen LogP contribution < -0.4 is 9.64 Å². The summed E-state index contributed by atoms with van der Waals surface area (Å²) in [7, 11) is 1.54. The second-order valence-electron chi connectivity index (χ2n) is 7.76. The van der Waals surface area contributed by atoms with Gasteiger partial charge in [0.1, 0.15) is 0 Å². The minimum absolute atomic E-state index is 0.0445. The van der Waals surface area contributed by atoms with Crippen LogP contribution in [0.15, 0.2) is 48.7 Å². The summed E-state index contributed by atoms with van der Waals surface area (Å²) in [6.45, 7) is 5.03. The van der Waals surface area contributed by atoms with Gasteiger partial charge in [-0.05, 0) is 42.3 Å². The molecule has 0 radical (unpaired) electrons. The number of carboxylic acids is 1. The molecule has 1 fully saturated rings. The Labute approximate surface area is 190 Å². The molecule has 1 aliphatic heterocycles. The Morgan fingerprint density at radius 3 is 2.55 bits per heavy atom. The van der Waals surface area contributed by atoms with Crippen molar-refractivity contribution in [3.63, 3.8) is 0 Å². The fourth-order valence-corrected chi connectivity index (χ4v) is 4.12. The normalized spacial score (nSPS) is 13.9. The first-order chi connectivity index (χ1) is 16.0. The van der Waals surface area contributed by atoms with Crippen molar-refractivity contribution in [3.8, 4) is 22.7 Å². The summed E-state index contributed by atoms with van der Waals surface area (Å²) in [5.74, 6) is -0.664. The number of methoxy groups -OCH3 is 1. The van der Waals surface area contributed by atoms with Crippen molar-refractivity contribution >= 4 is 22.7 Å². The van der Waals surface area contributed by atoms with Crippen LogP contribution in [-0.4, -0.2) is 64.2 Å². The quantitative estimate of drug-likeness (QED) is 0.499. The molecule has 0 atom stereocenters. The van der Waals surface area contributed by atoms with Crippen LogP contribution >= 0.6 is 0 Å². The molecule has 0 spiro atoms. The van der Waals surface area contributed by atoms with E-state index < -0.39 is 5.97 Å². The first-order valence-corrected chi connectivity index (χ1v) is 10.6. The van der Waals surface area contributed by atoms with E-state index in [1.165, 1.54) is 7.11 Å². The molecule has 3 aromatic heterocycles. The van der Waals surface area contributed by atoms with Crippen LogP contribution in [0.25, 0.3) is 27.8 Å². The molecule has 168 valence electrons. The summed E-state index contributed by atoms with van der Waals surface area (Å²) < 4.78 is 12.3. The van der Waals surface area contributed by atoms with E-state index in [2.05, 4.69) is 32.1 Å². The van der Waals surface area contributed by atoms with Gasteiger partial charge in [0.2, 0.25) is 5.88 Å². The van der Waals surface area contributed by atoms with E-state index in [-0.39, 0.29) is 5.69 Å². The molecule has 0 aliphatic carbocycles. The van der Waals surface area contributed by atoms with Crippen molar-refractivity contribution in [2.75, 3.05) is 38.3 Å². The molecule has 1 aliphatic rings. The lowest BCUT2D eigenvalue weighted by molar-refractivity contribution is 0.0691. The number of carbonyl (C=O) groups is 1. The highest BCUT2D eigenvalue weighted by Gasteiger charge is 2.20. The summed E-state index contributed by atoms with van der Waals surface area (Å²) in [5.41, 5.74) is 4.64. The maximum Gasteiger partial charge on any atom is 0.354 e. The van der Waals surface area contributed by atoms with Crippen molar-refractivity contribution in [2.45, 2.75) is 6.92 Å². The number of anilines is 1. The Hall–Kier alpha value is -3.98. The Balaban J connectivity index is 1.65. The molecule has 0 amide bonds. The monoisotopic (exact) mass is 445 g/mol. The van der Waals surface area contributed by atoms with E-state index in [0.29, 0.717) is 30.4 Å². The summed E-state index contributed by atoms with van der Waals surface area (Å²) >= 11 is 0. The molecular weight excluding hydrogens is 422 g/mol. The van der Waals surface area contributed by atoms with E-state index in [1.807, 2.05) is 19.1 Å². The first kappa shape index (κ1) is 20.9. The van der Waals surface area contributed by atoms with Crippen molar-refractivity contribution in [3.05, 3.63) is 60.0 Å². The lowest BCUT2D eigenvalue weighted by atomic mass is 10.0. The minimum atomic E-state index is -1.10. The number of morpholine rings is 1. The van der Waals surface area contributed by atoms with Gasteiger partial charge in [-0.3, -0.25) is 0 Å². The smallest absolute Gasteiger partial charge is 0.354 e. The number of aryl methyl sites for hydroxylation is 1. The van der Waals surface area contributed by atoms with Crippen molar-refractivity contribution < 1.29 is 19.4 Å². The summed E-state index contributed by atoms with van der Waals surface area (Å²) in [4.78, 5) is 22.7. The number of benzene rings is 1. The lowest BCUT2D eigenvalue weighted by Crippen LogP contribution is -2.36. The number of rotatable bonds is 5. The number of pyridine rings is 2. The molecule has 9 heteroatoms. The van der Waals surface area contributed by atoms with Crippen molar-refractivity contribution in [1.82, 2.24) is 19.7 Å². The predicted octanol–water partition coefficient (Wildman–Crippen LogP) is 3.33. The van der Waals surface area contributed by atoms with Crippen LogP contribution in [0.1, 0.15) is 16.2 Å². The van der Waals surface area contributed by atoms with Gasteiger partial charge in [0.25, 0.3) is 0 Å². The summed E-state index contributed by atoms with van der Waals surface area (Å²) in [5, 5.41) is 15.2. The van der Waals surface area contributed by atoms with E-state index in [4.69, 9.17) is 9.47 Å². The summed E-state index contributed by atoms with van der Waals surface area (Å²) in [6.07, 6.45) is 1.61. The van der Waals surface area contributed by atoms with Gasteiger partial charge in [-0.2, -0.15) is 5.10 Å². The van der Waals surface area contributed by atoms with Crippen LogP contribution in [0.5, 0.6) is 5.88 Å². The zero-order valence-corrected chi connectivity index (χ0v) is 18.4. The van der Waals surface area contributed by atoms with Gasteiger partial charge < -0.3 is 19.5 Å². The maximum absolute atomic E-state index is 11.9. The second-order valence-corrected chi connectivity index (χ2v) is 7.76. The van der Waals surface area contributed by atoms with E-state index in [9.17, 15) is 9.90 Å². The number of nitrogens with zero attached hydrogens (tertiary/aromatic N) is 5.